The van der Waals surface area contributed by atoms with E-state index in [1.165, 1.54) is 37.7 Å². The fourth-order valence-corrected chi connectivity index (χ4v) is 2.64. The van der Waals surface area contributed by atoms with Crippen LogP contribution in [0.15, 0.2) is 18.5 Å². The number of aliphatic hydroxyl groups excluding tert-OH is 1. The zero-order valence-electron chi connectivity index (χ0n) is 10.5. The summed E-state index contributed by atoms with van der Waals surface area (Å²) in [7, 11) is 0. The second-order valence-corrected chi connectivity index (χ2v) is 4.97. The molecule has 3 heteroatoms. The van der Waals surface area contributed by atoms with Gasteiger partial charge < -0.3 is 10.4 Å². The number of hydrogen-bond acceptors (Lipinski definition) is 3. The van der Waals surface area contributed by atoms with E-state index in [-0.39, 0.29) is 12.6 Å². The minimum atomic E-state index is 0.0341. The van der Waals surface area contributed by atoms with Gasteiger partial charge in [0.15, 0.2) is 0 Å². The molecule has 0 bridgehead atoms. The largest absolute Gasteiger partial charge is 0.394 e. The van der Waals surface area contributed by atoms with Crippen molar-refractivity contribution in [1.29, 1.82) is 0 Å². The predicted octanol–water partition coefficient (Wildman–Crippen LogP) is 2.35. The third kappa shape index (κ3) is 3.27. The van der Waals surface area contributed by atoms with Gasteiger partial charge in [-0.2, -0.15) is 0 Å². The van der Waals surface area contributed by atoms with Gasteiger partial charge >= 0.3 is 0 Å². The summed E-state index contributed by atoms with van der Waals surface area (Å²) >= 11 is 0. The zero-order chi connectivity index (χ0) is 12.1. The van der Waals surface area contributed by atoms with Gasteiger partial charge in [0.25, 0.3) is 0 Å². The van der Waals surface area contributed by atoms with Gasteiger partial charge in [-0.1, -0.05) is 19.3 Å². The van der Waals surface area contributed by atoms with Crippen LogP contribution in [-0.4, -0.2) is 22.7 Å². The lowest BCUT2D eigenvalue weighted by atomic mass is 9.94. The fourth-order valence-electron chi connectivity index (χ4n) is 2.64. The van der Waals surface area contributed by atoms with E-state index in [2.05, 4.69) is 17.2 Å². The van der Waals surface area contributed by atoms with Crippen molar-refractivity contribution in [3.8, 4) is 0 Å². The third-order valence-corrected chi connectivity index (χ3v) is 3.68. The number of nitrogens with zero attached hydrogens (tertiary/aromatic N) is 1. The Morgan fingerprint density at radius 3 is 2.82 bits per heavy atom. The van der Waals surface area contributed by atoms with Crippen LogP contribution in [0.2, 0.25) is 0 Å². The molecule has 0 radical (unpaired) electrons. The molecule has 1 aliphatic rings. The third-order valence-electron chi connectivity index (χ3n) is 3.68. The van der Waals surface area contributed by atoms with E-state index in [4.69, 9.17) is 0 Å². The highest BCUT2D eigenvalue weighted by atomic mass is 16.3. The maximum absolute atomic E-state index is 9.54. The molecule has 2 N–H and O–H groups in total. The number of rotatable bonds is 4. The lowest BCUT2D eigenvalue weighted by molar-refractivity contribution is 0.219. The fraction of sp³-hybridized carbons (Fsp3) is 0.643. The predicted molar refractivity (Wildman–Crippen MR) is 68.8 cm³/mol. The molecule has 3 nitrogen and oxygen atoms in total. The molecule has 0 spiro atoms. The summed E-state index contributed by atoms with van der Waals surface area (Å²) in [5.41, 5.74) is 2.32. The lowest BCUT2D eigenvalue weighted by Crippen LogP contribution is -2.36. The quantitative estimate of drug-likeness (QED) is 0.840. The molecule has 0 amide bonds. The summed E-state index contributed by atoms with van der Waals surface area (Å²) in [6.45, 7) is 2.21. The average molecular weight is 234 g/mol. The molecule has 1 aliphatic carbocycles. The summed E-state index contributed by atoms with van der Waals surface area (Å²) in [6.07, 6.45) is 10.1. The maximum atomic E-state index is 9.54. The van der Waals surface area contributed by atoms with Crippen LogP contribution >= 0.6 is 0 Å². The van der Waals surface area contributed by atoms with Crippen molar-refractivity contribution in [2.75, 3.05) is 6.61 Å². The van der Waals surface area contributed by atoms with E-state index >= 15 is 0 Å². The van der Waals surface area contributed by atoms with Crippen molar-refractivity contribution in [3.05, 3.63) is 29.6 Å². The Bertz CT molecular complexity index is 348. The van der Waals surface area contributed by atoms with Gasteiger partial charge in [0.05, 0.1) is 12.6 Å². The Morgan fingerprint density at radius 2 is 2.18 bits per heavy atom. The Kier molecular flexibility index (Phi) is 4.51. The summed E-state index contributed by atoms with van der Waals surface area (Å²) in [4.78, 5) is 4.16. The van der Waals surface area contributed by atoms with Gasteiger partial charge in [-0.05, 0) is 37.0 Å². The normalized spacial score (nSPS) is 19.2. The van der Waals surface area contributed by atoms with Gasteiger partial charge in [0.1, 0.15) is 0 Å². The lowest BCUT2D eigenvalue weighted by Gasteiger charge is -2.28. The molecule has 94 valence electrons. The first kappa shape index (κ1) is 12.5. The minimum absolute atomic E-state index is 0.0341. The molecule has 17 heavy (non-hydrogen) atoms. The van der Waals surface area contributed by atoms with Crippen LogP contribution in [0.5, 0.6) is 0 Å². The second-order valence-electron chi connectivity index (χ2n) is 4.97. The first-order valence-corrected chi connectivity index (χ1v) is 6.58. The molecule has 0 saturated heterocycles. The molecule has 1 aromatic rings. The zero-order valence-corrected chi connectivity index (χ0v) is 10.5. The summed E-state index contributed by atoms with van der Waals surface area (Å²) in [6, 6.07) is 2.59. The molecule has 1 aromatic heterocycles. The molecule has 0 aliphatic heterocycles. The van der Waals surface area contributed by atoms with Crippen LogP contribution in [0.25, 0.3) is 0 Å². The summed E-state index contributed by atoms with van der Waals surface area (Å²) in [5.74, 6) is 0. The highest BCUT2D eigenvalue weighted by Crippen LogP contribution is 2.22. The molecule has 1 saturated carbocycles. The number of nitrogens with one attached hydrogen (secondary N) is 1. The van der Waals surface area contributed by atoms with Crippen molar-refractivity contribution in [2.24, 2.45) is 0 Å². The first-order chi connectivity index (χ1) is 8.31. The molecule has 2 rings (SSSR count). The van der Waals surface area contributed by atoms with E-state index in [9.17, 15) is 5.11 Å². The van der Waals surface area contributed by atoms with Crippen LogP contribution in [0, 0.1) is 6.92 Å². The van der Waals surface area contributed by atoms with Crippen LogP contribution in [0.1, 0.15) is 49.3 Å². The van der Waals surface area contributed by atoms with Crippen molar-refractivity contribution in [3.63, 3.8) is 0 Å². The Morgan fingerprint density at radius 1 is 1.41 bits per heavy atom. The van der Waals surface area contributed by atoms with Gasteiger partial charge in [-0.15, -0.1) is 0 Å². The standard InChI is InChI=1S/C14H22N2O/c1-11-7-8-15-9-13(11)14(10-17)16-12-5-3-2-4-6-12/h7-9,12,14,16-17H,2-6,10H2,1H3. The van der Waals surface area contributed by atoms with Crippen molar-refractivity contribution >= 4 is 0 Å². The Labute approximate surface area is 103 Å². The van der Waals surface area contributed by atoms with Crippen molar-refractivity contribution < 1.29 is 5.11 Å². The molecule has 1 fully saturated rings. The monoisotopic (exact) mass is 234 g/mol. The highest BCUT2D eigenvalue weighted by Gasteiger charge is 2.19. The Hall–Kier alpha value is -0.930. The van der Waals surface area contributed by atoms with E-state index < -0.39 is 0 Å². The average Bonchev–Trinajstić information content (AvgIpc) is 2.38. The smallest absolute Gasteiger partial charge is 0.0627 e. The van der Waals surface area contributed by atoms with Crippen LogP contribution in [0.4, 0.5) is 0 Å². The molecular formula is C14H22N2O. The second kappa shape index (κ2) is 6.12. The Balaban J connectivity index is 2.03. The van der Waals surface area contributed by atoms with E-state index in [0.717, 1.165) is 5.56 Å². The van der Waals surface area contributed by atoms with Gasteiger partial charge in [-0.3, -0.25) is 4.98 Å². The number of pyridine rings is 1. The summed E-state index contributed by atoms with van der Waals surface area (Å²) in [5, 5.41) is 13.1. The van der Waals surface area contributed by atoms with Crippen LogP contribution in [0.3, 0.4) is 0 Å². The van der Waals surface area contributed by atoms with Crippen LogP contribution in [-0.2, 0) is 0 Å². The van der Waals surface area contributed by atoms with Gasteiger partial charge in [-0.25, -0.2) is 0 Å². The number of aliphatic hydroxyl groups is 1. The maximum Gasteiger partial charge on any atom is 0.0627 e. The van der Waals surface area contributed by atoms with Crippen molar-refractivity contribution in [2.45, 2.75) is 51.1 Å². The number of aryl methyl sites for hydroxylation is 1. The number of aromatic nitrogens is 1. The SMILES string of the molecule is Cc1ccncc1C(CO)NC1CCCCC1. The van der Waals surface area contributed by atoms with Crippen LogP contribution < -0.4 is 5.32 Å². The van der Waals surface area contributed by atoms with Crippen molar-refractivity contribution in [1.82, 2.24) is 10.3 Å². The molecular weight excluding hydrogens is 212 g/mol. The number of hydrogen-bond donors (Lipinski definition) is 2. The molecule has 1 heterocycles. The highest BCUT2D eigenvalue weighted by molar-refractivity contribution is 5.25. The van der Waals surface area contributed by atoms with E-state index in [0.29, 0.717) is 6.04 Å². The minimum Gasteiger partial charge on any atom is -0.394 e. The summed E-state index contributed by atoms with van der Waals surface area (Å²) < 4.78 is 0. The van der Waals surface area contributed by atoms with Gasteiger partial charge in [0.2, 0.25) is 0 Å². The van der Waals surface area contributed by atoms with E-state index in [1.54, 1.807) is 6.20 Å². The van der Waals surface area contributed by atoms with Gasteiger partial charge in [0, 0.05) is 18.4 Å². The molecule has 0 aromatic carbocycles. The van der Waals surface area contributed by atoms with E-state index in [1.807, 2.05) is 12.3 Å². The molecule has 1 atom stereocenters. The molecule has 1 unspecified atom stereocenters. The topological polar surface area (TPSA) is 45.2 Å². The first-order valence-electron chi connectivity index (χ1n) is 6.58.